The molecule has 0 aliphatic heterocycles. The van der Waals surface area contributed by atoms with E-state index in [1.54, 1.807) is 11.8 Å². The van der Waals surface area contributed by atoms with Crippen molar-refractivity contribution in [1.29, 1.82) is 0 Å². The number of amides is 1. The number of thioether (sulfide) groups is 1. The molecule has 1 amide bonds. The zero-order valence-electron chi connectivity index (χ0n) is 14.9. The lowest BCUT2D eigenvalue weighted by Gasteiger charge is -2.27. The molecule has 23 heavy (non-hydrogen) atoms. The van der Waals surface area contributed by atoms with Crippen molar-refractivity contribution in [3.05, 3.63) is 29.7 Å². The standard InChI is InChI=1S/C17H25N3O2S/c1-11-9-8-10-20-12(11)13(23-7)18-14(20)17(5,6)19-15(21)22-16(2,3)4/h8-10H,1-7H3,(H,19,21). The second kappa shape index (κ2) is 6.07. The van der Waals surface area contributed by atoms with Crippen LogP contribution in [0.3, 0.4) is 0 Å². The Morgan fingerprint density at radius 1 is 1.30 bits per heavy atom. The Bertz CT molecular complexity index is 729. The van der Waals surface area contributed by atoms with Crippen molar-refractivity contribution in [2.75, 3.05) is 6.26 Å². The van der Waals surface area contributed by atoms with Gasteiger partial charge in [-0.05, 0) is 59.4 Å². The van der Waals surface area contributed by atoms with Crippen molar-refractivity contribution in [3.63, 3.8) is 0 Å². The Labute approximate surface area is 141 Å². The molecule has 5 nitrogen and oxygen atoms in total. The molecule has 0 fully saturated rings. The van der Waals surface area contributed by atoms with Crippen LogP contribution >= 0.6 is 11.8 Å². The number of nitrogens with zero attached hydrogens (tertiary/aromatic N) is 2. The molecule has 6 heteroatoms. The number of rotatable bonds is 3. The molecule has 0 aliphatic carbocycles. The lowest BCUT2D eigenvalue weighted by atomic mass is 10.1. The summed E-state index contributed by atoms with van der Waals surface area (Å²) < 4.78 is 7.41. The van der Waals surface area contributed by atoms with Gasteiger partial charge in [0, 0.05) is 6.20 Å². The Morgan fingerprint density at radius 2 is 1.96 bits per heavy atom. The fraction of sp³-hybridized carbons (Fsp3) is 0.529. The van der Waals surface area contributed by atoms with Crippen molar-refractivity contribution >= 4 is 23.4 Å². The first kappa shape index (κ1) is 17.7. The van der Waals surface area contributed by atoms with E-state index < -0.39 is 17.2 Å². The van der Waals surface area contributed by atoms with Crippen LogP contribution in [0.15, 0.2) is 23.4 Å². The van der Waals surface area contributed by atoms with E-state index in [1.165, 1.54) is 0 Å². The lowest BCUT2D eigenvalue weighted by molar-refractivity contribution is 0.0465. The summed E-state index contributed by atoms with van der Waals surface area (Å²) in [5.74, 6) is 0.784. The Morgan fingerprint density at radius 3 is 2.52 bits per heavy atom. The number of fused-ring (bicyclic) bond motifs is 1. The summed E-state index contributed by atoms with van der Waals surface area (Å²) in [5, 5.41) is 3.88. The van der Waals surface area contributed by atoms with E-state index in [-0.39, 0.29) is 0 Å². The molecule has 0 unspecified atom stereocenters. The number of alkyl carbamates (subject to hydrolysis) is 1. The summed E-state index contributed by atoms with van der Waals surface area (Å²) in [4.78, 5) is 16.9. The molecule has 2 heterocycles. The summed E-state index contributed by atoms with van der Waals surface area (Å²) in [6.07, 6.45) is 3.54. The minimum atomic E-state index is -0.660. The van der Waals surface area contributed by atoms with Crippen LogP contribution in [0.1, 0.15) is 46.0 Å². The number of hydrogen-bond acceptors (Lipinski definition) is 4. The molecule has 0 saturated carbocycles. The molecule has 2 aromatic heterocycles. The third-order valence-corrected chi connectivity index (χ3v) is 4.07. The molecule has 126 valence electrons. The van der Waals surface area contributed by atoms with E-state index in [4.69, 9.17) is 9.72 Å². The van der Waals surface area contributed by atoms with Crippen LogP contribution in [-0.4, -0.2) is 27.3 Å². The van der Waals surface area contributed by atoms with Crippen LogP contribution < -0.4 is 5.32 Å². The summed E-state index contributed by atoms with van der Waals surface area (Å²) >= 11 is 1.60. The summed E-state index contributed by atoms with van der Waals surface area (Å²) in [5.41, 5.74) is 1.04. The molecule has 1 N–H and O–H groups in total. The smallest absolute Gasteiger partial charge is 0.408 e. The van der Waals surface area contributed by atoms with Gasteiger partial charge in [0.15, 0.2) is 0 Å². The molecule has 2 aromatic rings. The second-order valence-electron chi connectivity index (χ2n) is 7.11. The van der Waals surface area contributed by atoms with E-state index in [0.29, 0.717) is 0 Å². The molecule has 0 radical (unpaired) electrons. The molecule has 2 rings (SSSR count). The maximum Gasteiger partial charge on any atom is 0.408 e. The van der Waals surface area contributed by atoms with Gasteiger partial charge in [-0.3, -0.25) is 0 Å². The lowest BCUT2D eigenvalue weighted by Crippen LogP contribution is -2.44. The minimum Gasteiger partial charge on any atom is -0.444 e. The van der Waals surface area contributed by atoms with Crippen molar-refractivity contribution in [3.8, 4) is 0 Å². The Balaban J connectivity index is 2.42. The van der Waals surface area contributed by atoms with Gasteiger partial charge in [-0.25, -0.2) is 9.78 Å². The minimum absolute atomic E-state index is 0.447. The Kier molecular flexibility index (Phi) is 4.66. The number of carbonyl (C=O) groups is 1. The molecule has 0 bridgehead atoms. The molecule has 0 saturated heterocycles. The molecule has 0 atom stereocenters. The first-order valence-electron chi connectivity index (χ1n) is 7.58. The van der Waals surface area contributed by atoms with E-state index >= 15 is 0 Å². The molecule has 0 spiro atoms. The van der Waals surface area contributed by atoms with Gasteiger partial charge in [-0.2, -0.15) is 0 Å². The van der Waals surface area contributed by atoms with Gasteiger partial charge < -0.3 is 14.5 Å². The maximum atomic E-state index is 12.2. The third kappa shape index (κ3) is 3.80. The van der Waals surface area contributed by atoms with Crippen LogP contribution in [0.5, 0.6) is 0 Å². The van der Waals surface area contributed by atoms with Gasteiger partial charge in [-0.15, -0.1) is 11.8 Å². The molecule has 0 aliphatic rings. The zero-order valence-corrected chi connectivity index (χ0v) is 15.7. The highest BCUT2D eigenvalue weighted by Crippen LogP contribution is 2.29. The molecular formula is C17H25N3O2S. The maximum absolute atomic E-state index is 12.2. The highest BCUT2D eigenvalue weighted by molar-refractivity contribution is 7.98. The van der Waals surface area contributed by atoms with Crippen molar-refractivity contribution in [2.24, 2.45) is 0 Å². The number of hydrogen-bond donors (Lipinski definition) is 1. The third-order valence-electron chi connectivity index (χ3n) is 3.40. The zero-order chi connectivity index (χ0) is 17.4. The molecular weight excluding hydrogens is 310 g/mol. The monoisotopic (exact) mass is 335 g/mol. The molecule has 0 aromatic carbocycles. The second-order valence-corrected chi connectivity index (χ2v) is 7.90. The Hall–Kier alpha value is -1.69. The van der Waals surface area contributed by atoms with Gasteiger partial charge in [0.05, 0.1) is 11.1 Å². The topological polar surface area (TPSA) is 55.6 Å². The van der Waals surface area contributed by atoms with Crippen molar-refractivity contribution < 1.29 is 9.53 Å². The largest absolute Gasteiger partial charge is 0.444 e. The van der Waals surface area contributed by atoms with Crippen LogP contribution in [0.25, 0.3) is 5.52 Å². The average molecular weight is 335 g/mol. The summed E-state index contributed by atoms with van der Waals surface area (Å²) in [6, 6.07) is 4.05. The van der Waals surface area contributed by atoms with Crippen LogP contribution in [0, 0.1) is 6.92 Å². The quantitative estimate of drug-likeness (QED) is 0.857. The number of nitrogens with one attached hydrogen (secondary N) is 1. The van der Waals surface area contributed by atoms with Gasteiger partial charge in [-0.1, -0.05) is 6.07 Å². The predicted octanol–water partition coefficient (Wildman–Crippen LogP) is 4.12. The number of ether oxygens (including phenoxy) is 1. The number of imidazole rings is 1. The average Bonchev–Trinajstić information content (AvgIpc) is 2.76. The fourth-order valence-electron chi connectivity index (χ4n) is 2.47. The number of pyridine rings is 1. The van der Waals surface area contributed by atoms with Gasteiger partial charge >= 0.3 is 6.09 Å². The normalized spacial score (nSPS) is 12.5. The van der Waals surface area contributed by atoms with Crippen LogP contribution in [-0.2, 0) is 10.3 Å². The summed E-state index contributed by atoms with van der Waals surface area (Å²) in [7, 11) is 0. The van der Waals surface area contributed by atoms with E-state index in [2.05, 4.69) is 18.3 Å². The van der Waals surface area contributed by atoms with E-state index in [0.717, 1.165) is 21.9 Å². The highest BCUT2D eigenvalue weighted by Gasteiger charge is 2.31. The van der Waals surface area contributed by atoms with Gasteiger partial charge in [0.2, 0.25) is 0 Å². The predicted molar refractivity (Wildman–Crippen MR) is 94.1 cm³/mol. The first-order chi connectivity index (χ1) is 10.5. The first-order valence-corrected chi connectivity index (χ1v) is 8.81. The van der Waals surface area contributed by atoms with E-state index in [1.807, 2.05) is 57.5 Å². The number of aryl methyl sites for hydroxylation is 1. The SMILES string of the molecule is CSc1nc(C(C)(C)NC(=O)OC(C)(C)C)n2cccc(C)c12. The van der Waals surface area contributed by atoms with Gasteiger partial charge in [0.1, 0.15) is 16.5 Å². The van der Waals surface area contributed by atoms with Crippen molar-refractivity contribution in [2.45, 2.75) is 57.7 Å². The van der Waals surface area contributed by atoms with Crippen LogP contribution in [0.2, 0.25) is 0 Å². The number of carbonyl (C=O) groups excluding carboxylic acids is 1. The number of aromatic nitrogens is 2. The van der Waals surface area contributed by atoms with Crippen molar-refractivity contribution in [1.82, 2.24) is 14.7 Å². The summed E-state index contributed by atoms with van der Waals surface area (Å²) in [6.45, 7) is 11.5. The van der Waals surface area contributed by atoms with Gasteiger partial charge in [0.25, 0.3) is 0 Å². The highest BCUT2D eigenvalue weighted by atomic mass is 32.2. The van der Waals surface area contributed by atoms with Crippen LogP contribution in [0.4, 0.5) is 4.79 Å². The fourth-order valence-corrected chi connectivity index (χ4v) is 3.10. The van der Waals surface area contributed by atoms with E-state index in [9.17, 15) is 4.79 Å².